The molecule has 0 aliphatic carbocycles. The number of anilines is 2. The van der Waals surface area contributed by atoms with Gasteiger partial charge in [-0.05, 0) is 12.8 Å². The van der Waals surface area contributed by atoms with Crippen molar-refractivity contribution in [3.8, 4) is 0 Å². The van der Waals surface area contributed by atoms with E-state index in [4.69, 9.17) is 11.5 Å². The van der Waals surface area contributed by atoms with Gasteiger partial charge in [0.05, 0.1) is 6.33 Å². The molecule has 0 aliphatic rings. The van der Waals surface area contributed by atoms with Gasteiger partial charge in [-0.3, -0.25) is 4.79 Å². The van der Waals surface area contributed by atoms with Gasteiger partial charge in [-0.15, -0.1) is 0 Å². The van der Waals surface area contributed by atoms with E-state index in [2.05, 4.69) is 23.8 Å². The minimum Gasteiger partial charge on any atom is -0.391 e. The minimum absolute atomic E-state index is 0.160. The van der Waals surface area contributed by atoms with Crippen LogP contribution >= 0.6 is 0 Å². The first-order chi connectivity index (χ1) is 8.15. The largest absolute Gasteiger partial charge is 0.391 e. The van der Waals surface area contributed by atoms with Gasteiger partial charge in [-0.25, -0.2) is 4.98 Å². The number of H-pyrrole nitrogens is 1. The zero-order valence-corrected chi connectivity index (χ0v) is 10.4. The number of nitrogens with one attached hydrogen (secondary N) is 1. The van der Waals surface area contributed by atoms with E-state index in [1.54, 1.807) is 0 Å². The zero-order valence-electron chi connectivity index (χ0n) is 10.4. The van der Waals surface area contributed by atoms with E-state index in [1.165, 1.54) is 6.33 Å². The molecule has 6 heteroatoms. The number of hydrogen-bond donors (Lipinski definition) is 3. The summed E-state index contributed by atoms with van der Waals surface area (Å²) in [5, 5.41) is 0. The van der Waals surface area contributed by atoms with Gasteiger partial charge in [-0.1, -0.05) is 13.8 Å². The number of nitrogens with two attached hydrogens (primary N) is 2. The topological polar surface area (TPSA) is 101 Å². The normalized spacial score (nSPS) is 10.8. The summed E-state index contributed by atoms with van der Waals surface area (Å²) in [6.45, 7) is 5.35. The maximum atomic E-state index is 11.5. The van der Waals surface area contributed by atoms with Crippen LogP contribution in [0.2, 0.25) is 0 Å². The van der Waals surface area contributed by atoms with Crippen LogP contribution in [0.1, 0.15) is 26.7 Å². The lowest BCUT2D eigenvalue weighted by Crippen LogP contribution is -2.40. The number of nitrogen functional groups attached to an aromatic ring is 1. The van der Waals surface area contributed by atoms with Crippen LogP contribution in [0.25, 0.3) is 0 Å². The summed E-state index contributed by atoms with van der Waals surface area (Å²) >= 11 is 0. The fourth-order valence-corrected chi connectivity index (χ4v) is 1.96. The standard InChI is InChI=1S/C11H21N5O/c1-3-8(4-2)16(6-5-12)10-9(13)11(17)15-7-14-10/h7-8H,3-6,12-13H2,1-2H3,(H,14,15,17). The van der Waals surface area contributed by atoms with Crippen molar-refractivity contribution in [1.29, 1.82) is 0 Å². The summed E-state index contributed by atoms with van der Waals surface area (Å²) in [6, 6.07) is 0.301. The van der Waals surface area contributed by atoms with Crippen molar-refractivity contribution in [2.24, 2.45) is 5.73 Å². The van der Waals surface area contributed by atoms with Crippen molar-refractivity contribution < 1.29 is 0 Å². The molecule has 0 spiro atoms. The second-order valence-electron chi connectivity index (χ2n) is 3.92. The van der Waals surface area contributed by atoms with Gasteiger partial charge < -0.3 is 21.4 Å². The third-order valence-electron chi connectivity index (χ3n) is 2.89. The highest BCUT2D eigenvalue weighted by Crippen LogP contribution is 2.20. The molecule has 1 heterocycles. The van der Waals surface area contributed by atoms with Gasteiger partial charge in [0.25, 0.3) is 5.56 Å². The van der Waals surface area contributed by atoms with Crippen molar-refractivity contribution in [2.45, 2.75) is 32.7 Å². The van der Waals surface area contributed by atoms with E-state index in [-0.39, 0.29) is 11.2 Å². The molecule has 0 radical (unpaired) electrons. The average Bonchev–Trinajstić information content (AvgIpc) is 2.33. The lowest BCUT2D eigenvalue weighted by Gasteiger charge is -2.31. The lowest BCUT2D eigenvalue weighted by molar-refractivity contribution is 0.554. The Hall–Kier alpha value is -1.56. The highest BCUT2D eigenvalue weighted by Gasteiger charge is 2.19. The van der Waals surface area contributed by atoms with E-state index in [0.717, 1.165) is 12.8 Å². The Labute approximate surface area is 101 Å². The van der Waals surface area contributed by atoms with Crippen LogP contribution in [0.15, 0.2) is 11.1 Å². The Bertz CT molecular complexity index is 399. The van der Waals surface area contributed by atoms with E-state index >= 15 is 0 Å². The fraction of sp³-hybridized carbons (Fsp3) is 0.636. The Kier molecular flexibility index (Phi) is 4.96. The number of hydrogen-bond acceptors (Lipinski definition) is 5. The molecular formula is C11H21N5O. The van der Waals surface area contributed by atoms with Crippen molar-refractivity contribution >= 4 is 11.5 Å². The van der Waals surface area contributed by atoms with Crippen LogP contribution in [0, 0.1) is 0 Å². The van der Waals surface area contributed by atoms with Gasteiger partial charge in [-0.2, -0.15) is 0 Å². The molecule has 0 atom stereocenters. The molecule has 5 N–H and O–H groups in total. The van der Waals surface area contributed by atoms with Gasteiger partial charge >= 0.3 is 0 Å². The molecule has 0 saturated carbocycles. The third kappa shape index (κ3) is 2.97. The molecule has 96 valence electrons. The van der Waals surface area contributed by atoms with Crippen LogP contribution in [0.5, 0.6) is 0 Å². The molecular weight excluding hydrogens is 218 g/mol. The molecule has 0 aromatic carbocycles. The Morgan fingerprint density at radius 3 is 2.65 bits per heavy atom. The molecule has 1 aromatic rings. The van der Waals surface area contributed by atoms with Crippen LogP contribution < -0.4 is 21.9 Å². The first kappa shape index (κ1) is 13.5. The predicted octanol–water partition coefficient (Wildman–Crippen LogP) is 0.306. The average molecular weight is 239 g/mol. The van der Waals surface area contributed by atoms with Crippen LogP contribution in [0.3, 0.4) is 0 Å². The van der Waals surface area contributed by atoms with Crippen molar-refractivity contribution in [3.05, 3.63) is 16.7 Å². The van der Waals surface area contributed by atoms with Crippen LogP contribution in [-0.4, -0.2) is 29.1 Å². The highest BCUT2D eigenvalue weighted by atomic mass is 16.1. The molecule has 0 fully saturated rings. The number of aromatic amines is 1. The first-order valence-electron chi connectivity index (χ1n) is 5.95. The molecule has 6 nitrogen and oxygen atoms in total. The monoisotopic (exact) mass is 239 g/mol. The van der Waals surface area contributed by atoms with Crippen LogP contribution in [0.4, 0.5) is 11.5 Å². The minimum atomic E-state index is -0.303. The van der Waals surface area contributed by atoms with E-state index in [0.29, 0.717) is 24.9 Å². The highest BCUT2D eigenvalue weighted by molar-refractivity contribution is 5.61. The second-order valence-corrected chi connectivity index (χ2v) is 3.92. The quantitative estimate of drug-likeness (QED) is 0.663. The van der Waals surface area contributed by atoms with E-state index < -0.39 is 0 Å². The van der Waals surface area contributed by atoms with Crippen LogP contribution in [-0.2, 0) is 0 Å². The summed E-state index contributed by atoms with van der Waals surface area (Å²) in [5.74, 6) is 0.535. The van der Waals surface area contributed by atoms with E-state index in [9.17, 15) is 4.79 Å². The number of rotatable bonds is 6. The maximum absolute atomic E-state index is 11.5. The summed E-state index contributed by atoms with van der Waals surface area (Å²) in [5.41, 5.74) is 11.2. The second kappa shape index (κ2) is 6.24. The van der Waals surface area contributed by atoms with Crippen molar-refractivity contribution in [3.63, 3.8) is 0 Å². The summed E-state index contributed by atoms with van der Waals surface area (Å²) in [7, 11) is 0. The Balaban J connectivity index is 3.13. The summed E-state index contributed by atoms with van der Waals surface area (Å²) in [4.78, 5) is 20.1. The SMILES string of the molecule is CCC(CC)N(CCN)c1nc[nH]c(=O)c1N. The van der Waals surface area contributed by atoms with Gasteiger partial charge in [0.15, 0.2) is 5.82 Å². The summed E-state index contributed by atoms with van der Waals surface area (Å²) < 4.78 is 0. The first-order valence-corrected chi connectivity index (χ1v) is 5.95. The number of aromatic nitrogens is 2. The predicted molar refractivity (Wildman–Crippen MR) is 70.0 cm³/mol. The summed E-state index contributed by atoms with van der Waals surface area (Å²) in [6.07, 6.45) is 3.30. The van der Waals surface area contributed by atoms with Gasteiger partial charge in [0, 0.05) is 19.1 Å². The maximum Gasteiger partial charge on any atom is 0.276 e. The molecule has 1 rings (SSSR count). The molecule has 0 saturated heterocycles. The molecule has 1 aromatic heterocycles. The lowest BCUT2D eigenvalue weighted by atomic mass is 10.1. The Morgan fingerprint density at radius 2 is 2.12 bits per heavy atom. The molecule has 0 unspecified atom stereocenters. The van der Waals surface area contributed by atoms with E-state index in [1.807, 2.05) is 4.90 Å². The molecule has 0 amide bonds. The Morgan fingerprint density at radius 1 is 1.47 bits per heavy atom. The molecule has 17 heavy (non-hydrogen) atoms. The van der Waals surface area contributed by atoms with Crippen molar-refractivity contribution in [1.82, 2.24) is 9.97 Å². The third-order valence-corrected chi connectivity index (χ3v) is 2.89. The van der Waals surface area contributed by atoms with Gasteiger partial charge in [0.2, 0.25) is 0 Å². The number of nitrogens with zero attached hydrogens (tertiary/aromatic N) is 2. The zero-order chi connectivity index (χ0) is 12.8. The molecule has 0 aliphatic heterocycles. The smallest absolute Gasteiger partial charge is 0.276 e. The van der Waals surface area contributed by atoms with Crippen molar-refractivity contribution in [2.75, 3.05) is 23.7 Å². The fourth-order valence-electron chi connectivity index (χ4n) is 1.96. The molecule has 0 bridgehead atoms. The van der Waals surface area contributed by atoms with Gasteiger partial charge in [0.1, 0.15) is 5.69 Å².